The van der Waals surface area contributed by atoms with Crippen LogP contribution < -0.4 is 5.32 Å². The first-order valence-corrected chi connectivity index (χ1v) is 5.15. The van der Waals surface area contributed by atoms with Crippen molar-refractivity contribution in [2.75, 3.05) is 5.32 Å². The van der Waals surface area contributed by atoms with Crippen LogP contribution in [0.15, 0.2) is 6.20 Å². The van der Waals surface area contributed by atoms with Gasteiger partial charge in [-0.3, -0.25) is 4.79 Å². The van der Waals surface area contributed by atoms with Gasteiger partial charge in [0.25, 0.3) is 0 Å². The molecule has 0 fully saturated rings. The lowest BCUT2D eigenvalue weighted by molar-refractivity contribution is -0.114. The minimum absolute atomic E-state index is 0.194. The fraction of sp³-hybridized carbons (Fsp3) is 0.125. The number of anilines is 1. The molecule has 78 valence electrons. The molecule has 7 heteroatoms. The van der Waals surface area contributed by atoms with Crippen molar-refractivity contribution in [2.24, 2.45) is 0 Å². The minimum atomic E-state index is -0.608. The minimum Gasteiger partial charge on any atom is -0.302 e. The van der Waals surface area contributed by atoms with Crippen LogP contribution in [0.25, 0.3) is 10.2 Å². The molecular weight excluding hydrogens is 241 g/mol. The van der Waals surface area contributed by atoms with Crippen molar-refractivity contribution in [1.29, 1.82) is 0 Å². The zero-order valence-corrected chi connectivity index (χ0v) is 9.12. The highest BCUT2D eigenvalue weighted by Crippen LogP contribution is 2.30. The maximum Gasteiger partial charge on any atom is 0.223 e. The molecule has 0 atom stereocenters. The first kappa shape index (κ1) is 10.3. The first-order valence-electron chi connectivity index (χ1n) is 3.96. The Bertz CT molecular complexity index is 542. The van der Waals surface area contributed by atoms with Crippen LogP contribution in [0.1, 0.15) is 6.92 Å². The maximum absolute atomic E-state index is 13.4. The van der Waals surface area contributed by atoms with Crippen molar-refractivity contribution in [3.8, 4) is 0 Å². The highest BCUT2D eigenvalue weighted by molar-refractivity contribution is 7.22. The fourth-order valence-corrected chi connectivity index (χ4v) is 2.17. The number of nitrogens with one attached hydrogen (secondary N) is 1. The number of hydrogen-bond acceptors (Lipinski definition) is 4. The molecule has 0 unspecified atom stereocenters. The second-order valence-corrected chi connectivity index (χ2v) is 4.13. The number of halogens is 2. The number of carbonyl (C=O) groups is 1. The SMILES string of the molecule is CC(=O)Nc1nc2cnc(Cl)c(F)c2s1. The molecule has 0 radical (unpaired) electrons. The molecule has 0 aromatic carbocycles. The summed E-state index contributed by atoms with van der Waals surface area (Å²) in [6.07, 6.45) is 1.36. The van der Waals surface area contributed by atoms with Gasteiger partial charge in [-0.25, -0.2) is 14.4 Å². The smallest absolute Gasteiger partial charge is 0.223 e. The zero-order valence-electron chi connectivity index (χ0n) is 7.54. The van der Waals surface area contributed by atoms with Gasteiger partial charge in [0.2, 0.25) is 5.91 Å². The van der Waals surface area contributed by atoms with E-state index in [9.17, 15) is 9.18 Å². The monoisotopic (exact) mass is 245 g/mol. The molecule has 1 N–H and O–H groups in total. The average molecular weight is 246 g/mol. The van der Waals surface area contributed by atoms with E-state index in [4.69, 9.17) is 11.6 Å². The largest absolute Gasteiger partial charge is 0.302 e. The van der Waals surface area contributed by atoms with Crippen LogP contribution in [-0.4, -0.2) is 15.9 Å². The van der Waals surface area contributed by atoms with Crippen molar-refractivity contribution in [3.63, 3.8) is 0 Å². The summed E-state index contributed by atoms with van der Waals surface area (Å²) in [6.45, 7) is 1.35. The first-order chi connectivity index (χ1) is 7.08. The number of nitrogens with zero attached hydrogens (tertiary/aromatic N) is 2. The molecule has 0 aliphatic rings. The lowest BCUT2D eigenvalue weighted by atomic mass is 10.4. The molecule has 0 saturated heterocycles. The molecule has 0 aliphatic heterocycles. The molecule has 2 heterocycles. The summed E-state index contributed by atoms with van der Waals surface area (Å²) in [5.74, 6) is -0.864. The summed E-state index contributed by atoms with van der Waals surface area (Å²) in [5, 5.41) is 2.61. The third-order valence-corrected chi connectivity index (χ3v) is 2.86. The van der Waals surface area contributed by atoms with Crippen LogP contribution in [0, 0.1) is 5.82 Å². The Morgan fingerprint density at radius 3 is 3.07 bits per heavy atom. The van der Waals surface area contributed by atoms with Crippen LogP contribution >= 0.6 is 22.9 Å². The number of amides is 1. The van der Waals surface area contributed by atoms with Crippen molar-refractivity contribution in [2.45, 2.75) is 6.92 Å². The van der Waals surface area contributed by atoms with Crippen LogP contribution in [0.4, 0.5) is 9.52 Å². The van der Waals surface area contributed by atoms with Crippen LogP contribution in [-0.2, 0) is 4.79 Å². The number of hydrogen-bond donors (Lipinski definition) is 1. The van der Waals surface area contributed by atoms with E-state index in [1.807, 2.05) is 0 Å². The maximum atomic E-state index is 13.4. The summed E-state index contributed by atoms with van der Waals surface area (Å²) in [7, 11) is 0. The van der Waals surface area contributed by atoms with Crippen LogP contribution in [0.3, 0.4) is 0 Å². The van der Waals surface area contributed by atoms with Crippen molar-refractivity contribution < 1.29 is 9.18 Å². The highest BCUT2D eigenvalue weighted by Gasteiger charge is 2.12. The van der Waals surface area contributed by atoms with Crippen molar-refractivity contribution in [1.82, 2.24) is 9.97 Å². The van der Waals surface area contributed by atoms with E-state index in [-0.39, 0.29) is 11.1 Å². The molecule has 2 aromatic heterocycles. The Labute approximate surface area is 93.1 Å². The lowest BCUT2D eigenvalue weighted by Crippen LogP contribution is -2.04. The predicted octanol–water partition coefficient (Wildman–Crippen LogP) is 2.44. The van der Waals surface area contributed by atoms with Gasteiger partial charge in [0, 0.05) is 6.92 Å². The van der Waals surface area contributed by atoms with E-state index >= 15 is 0 Å². The predicted molar refractivity (Wildman–Crippen MR) is 56.7 cm³/mol. The topological polar surface area (TPSA) is 54.9 Å². The molecule has 1 amide bonds. The average Bonchev–Trinajstić information content (AvgIpc) is 2.54. The summed E-state index contributed by atoms with van der Waals surface area (Å²) < 4.78 is 13.7. The summed E-state index contributed by atoms with van der Waals surface area (Å²) in [5.41, 5.74) is 0.380. The van der Waals surface area contributed by atoms with E-state index in [1.165, 1.54) is 13.1 Å². The fourth-order valence-electron chi connectivity index (χ4n) is 1.05. The molecule has 2 aromatic rings. The molecule has 2 rings (SSSR count). The lowest BCUT2D eigenvalue weighted by Gasteiger charge is -1.91. The second kappa shape index (κ2) is 3.71. The van der Waals surface area contributed by atoms with Crippen molar-refractivity contribution in [3.05, 3.63) is 17.2 Å². The third kappa shape index (κ3) is 1.91. The van der Waals surface area contributed by atoms with E-state index in [0.29, 0.717) is 15.3 Å². The second-order valence-electron chi connectivity index (χ2n) is 2.78. The summed E-state index contributed by atoms with van der Waals surface area (Å²) >= 11 is 6.53. The number of fused-ring (bicyclic) bond motifs is 1. The molecule has 15 heavy (non-hydrogen) atoms. The quantitative estimate of drug-likeness (QED) is 0.785. The van der Waals surface area contributed by atoms with E-state index in [1.54, 1.807) is 0 Å². The Morgan fingerprint density at radius 2 is 2.40 bits per heavy atom. The Kier molecular flexibility index (Phi) is 2.54. The number of carbonyl (C=O) groups excluding carboxylic acids is 1. The number of aromatic nitrogens is 2. The number of rotatable bonds is 1. The normalized spacial score (nSPS) is 10.6. The number of pyridine rings is 1. The van der Waals surface area contributed by atoms with Gasteiger partial charge in [-0.1, -0.05) is 22.9 Å². The Morgan fingerprint density at radius 1 is 1.67 bits per heavy atom. The standard InChI is InChI=1S/C8H5ClFN3OS/c1-3(14)12-8-13-4-2-11-7(9)5(10)6(4)15-8/h2H,1H3,(H,12,13,14). The Balaban J connectivity index is 2.56. The summed E-state index contributed by atoms with van der Waals surface area (Å²) in [4.78, 5) is 18.4. The van der Waals surface area contributed by atoms with Gasteiger partial charge in [0.1, 0.15) is 5.52 Å². The van der Waals surface area contributed by atoms with Gasteiger partial charge in [-0.2, -0.15) is 0 Å². The molecule has 0 saturated carbocycles. The zero-order chi connectivity index (χ0) is 11.0. The van der Waals surface area contributed by atoms with Gasteiger partial charge in [0.15, 0.2) is 16.1 Å². The number of thiazole rings is 1. The molecular formula is C8H5ClFN3OS. The van der Waals surface area contributed by atoms with Gasteiger partial charge in [0.05, 0.1) is 10.9 Å². The Hall–Kier alpha value is -1.27. The van der Waals surface area contributed by atoms with Gasteiger partial charge in [-0.05, 0) is 0 Å². The van der Waals surface area contributed by atoms with E-state index < -0.39 is 5.82 Å². The van der Waals surface area contributed by atoms with Crippen molar-refractivity contribution >= 4 is 44.2 Å². The highest BCUT2D eigenvalue weighted by atomic mass is 35.5. The van der Waals surface area contributed by atoms with E-state index in [0.717, 1.165) is 11.3 Å². The van der Waals surface area contributed by atoms with Gasteiger partial charge in [-0.15, -0.1) is 0 Å². The molecule has 0 bridgehead atoms. The van der Waals surface area contributed by atoms with Crippen LogP contribution in [0.2, 0.25) is 5.15 Å². The molecule has 4 nitrogen and oxygen atoms in total. The molecule has 0 spiro atoms. The van der Waals surface area contributed by atoms with E-state index in [2.05, 4.69) is 15.3 Å². The third-order valence-electron chi connectivity index (χ3n) is 1.62. The summed E-state index contributed by atoms with van der Waals surface area (Å²) in [6, 6.07) is 0. The van der Waals surface area contributed by atoms with Gasteiger partial charge >= 0.3 is 0 Å². The van der Waals surface area contributed by atoms with Gasteiger partial charge < -0.3 is 5.32 Å². The molecule has 0 aliphatic carbocycles. The van der Waals surface area contributed by atoms with Crippen LogP contribution in [0.5, 0.6) is 0 Å².